The van der Waals surface area contributed by atoms with Crippen molar-refractivity contribution in [1.82, 2.24) is 19.4 Å². The number of aromatic nitrogens is 4. The molecule has 0 fully saturated rings. The van der Waals surface area contributed by atoms with Crippen molar-refractivity contribution >= 4 is 28.5 Å². The van der Waals surface area contributed by atoms with E-state index in [2.05, 4.69) is 15.5 Å². The maximum Gasteiger partial charge on any atom is 0.416 e. The molecule has 2 heterocycles. The molecule has 11 heteroatoms. The Hall–Kier alpha value is -3.66. The number of nitrogens with zero attached hydrogens (tertiary/aromatic N) is 4. The van der Waals surface area contributed by atoms with Gasteiger partial charge in [-0.1, -0.05) is 23.7 Å². The average molecular weight is 434 g/mol. The van der Waals surface area contributed by atoms with Gasteiger partial charge in [-0.2, -0.15) is 18.3 Å². The summed E-state index contributed by atoms with van der Waals surface area (Å²) >= 11 is 5.98. The number of hydrogen-bond acceptors (Lipinski definition) is 4. The first-order valence-corrected chi connectivity index (χ1v) is 8.82. The molecule has 30 heavy (non-hydrogen) atoms. The summed E-state index contributed by atoms with van der Waals surface area (Å²) in [5, 5.41) is 4.70. The van der Waals surface area contributed by atoms with Crippen molar-refractivity contribution in [2.24, 2.45) is 0 Å². The third-order valence-corrected chi connectivity index (χ3v) is 4.45. The van der Waals surface area contributed by atoms with E-state index in [1.54, 1.807) is 24.3 Å². The molecule has 2 aromatic heterocycles. The summed E-state index contributed by atoms with van der Waals surface area (Å²) in [5.74, 6) is -0.897. The van der Waals surface area contributed by atoms with E-state index in [0.717, 1.165) is 23.1 Å². The smallest absolute Gasteiger partial charge is 0.267 e. The first kappa shape index (κ1) is 19.6. The Labute approximate surface area is 171 Å². The van der Waals surface area contributed by atoms with Crippen LogP contribution in [0.2, 0.25) is 5.02 Å². The molecule has 0 aliphatic heterocycles. The molecule has 0 aliphatic rings. The lowest BCUT2D eigenvalue weighted by molar-refractivity contribution is -0.137. The van der Waals surface area contributed by atoms with Crippen LogP contribution < -0.4 is 11.0 Å². The van der Waals surface area contributed by atoms with Crippen LogP contribution in [0.1, 0.15) is 15.9 Å². The molecule has 1 amide bonds. The second-order valence-corrected chi connectivity index (χ2v) is 6.65. The summed E-state index contributed by atoms with van der Waals surface area (Å²) in [6, 6.07) is 10.6. The van der Waals surface area contributed by atoms with Gasteiger partial charge in [-0.25, -0.2) is 14.3 Å². The molecule has 152 valence electrons. The molecular weight excluding hydrogens is 423 g/mol. The van der Waals surface area contributed by atoms with Crippen LogP contribution in [0.15, 0.2) is 65.8 Å². The van der Waals surface area contributed by atoms with Gasteiger partial charge in [0.2, 0.25) is 0 Å². The van der Waals surface area contributed by atoms with Crippen LogP contribution in [0.25, 0.3) is 16.7 Å². The standard InChI is InChI=1S/C19H11ClF3N5O2/c20-13-5-2-6-14(8-13)28-16-15(9-25-28)18(30)27(10-24-16)26-17(29)11-3-1-4-12(7-11)19(21,22)23/h1-10H,(H,26,29). The van der Waals surface area contributed by atoms with Crippen LogP contribution in [0.3, 0.4) is 0 Å². The highest BCUT2D eigenvalue weighted by molar-refractivity contribution is 6.30. The van der Waals surface area contributed by atoms with E-state index in [1.165, 1.54) is 16.9 Å². The lowest BCUT2D eigenvalue weighted by Gasteiger charge is -2.10. The third-order valence-electron chi connectivity index (χ3n) is 4.22. The summed E-state index contributed by atoms with van der Waals surface area (Å²) in [7, 11) is 0. The van der Waals surface area contributed by atoms with E-state index < -0.39 is 23.2 Å². The van der Waals surface area contributed by atoms with Crippen molar-refractivity contribution in [3.8, 4) is 5.69 Å². The normalized spacial score (nSPS) is 11.6. The zero-order valence-electron chi connectivity index (χ0n) is 14.9. The molecule has 0 saturated carbocycles. The fourth-order valence-electron chi connectivity index (χ4n) is 2.80. The molecule has 0 radical (unpaired) electrons. The van der Waals surface area contributed by atoms with E-state index in [4.69, 9.17) is 11.6 Å². The van der Waals surface area contributed by atoms with Crippen molar-refractivity contribution < 1.29 is 18.0 Å². The molecule has 1 N–H and O–H groups in total. The number of amides is 1. The second kappa shape index (κ2) is 7.30. The van der Waals surface area contributed by atoms with Gasteiger partial charge in [0, 0.05) is 10.6 Å². The molecular formula is C19H11ClF3N5O2. The first-order valence-electron chi connectivity index (χ1n) is 8.44. The molecule has 0 unspecified atom stereocenters. The highest BCUT2D eigenvalue weighted by Gasteiger charge is 2.31. The zero-order valence-corrected chi connectivity index (χ0v) is 15.6. The average Bonchev–Trinajstić information content (AvgIpc) is 3.14. The van der Waals surface area contributed by atoms with E-state index in [0.29, 0.717) is 16.8 Å². The lowest BCUT2D eigenvalue weighted by Crippen LogP contribution is -2.33. The fraction of sp³-hybridized carbons (Fsp3) is 0.0526. The van der Waals surface area contributed by atoms with Gasteiger partial charge >= 0.3 is 6.18 Å². The Bertz CT molecular complexity index is 1330. The Morgan fingerprint density at radius 2 is 1.87 bits per heavy atom. The first-order chi connectivity index (χ1) is 14.2. The highest BCUT2D eigenvalue weighted by Crippen LogP contribution is 2.29. The van der Waals surface area contributed by atoms with Gasteiger partial charge in [0.15, 0.2) is 5.65 Å². The molecule has 0 saturated heterocycles. The SMILES string of the molecule is O=C(Nn1cnc2c(cnn2-c2cccc(Cl)c2)c1=O)c1cccc(C(F)(F)F)c1. The Kier molecular flexibility index (Phi) is 4.78. The summed E-state index contributed by atoms with van der Waals surface area (Å²) in [5.41, 5.74) is 1.16. The van der Waals surface area contributed by atoms with Gasteiger partial charge in [-0.15, -0.1) is 0 Å². The minimum Gasteiger partial charge on any atom is -0.267 e. The lowest BCUT2D eigenvalue weighted by atomic mass is 10.1. The van der Waals surface area contributed by atoms with Gasteiger partial charge in [-0.05, 0) is 36.4 Å². The maximum absolute atomic E-state index is 12.8. The predicted octanol–water partition coefficient (Wildman–Crippen LogP) is 3.64. The van der Waals surface area contributed by atoms with Crippen LogP contribution in [0.4, 0.5) is 13.2 Å². The molecule has 2 aromatic carbocycles. The van der Waals surface area contributed by atoms with Crippen LogP contribution in [-0.2, 0) is 6.18 Å². The van der Waals surface area contributed by atoms with Crippen molar-refractivity contribution in [3.63, 3.8) is 0 Å². The van der Waals surface area contributed by atoms with E-state index in [-0.39, 0.29) is 16.6 Å². The van der Waals surface area contributed by atoms with Gasteiger partial charge in [-0.3, -0.25) is 15.0 Å². The van der Waals surface area contributed by atoms with Gasteiger partial charge < -0.3 is 0 Å². The molecule has 4 aromatic rings. The number of hydrogen-bond donors (Lipinski definition) is 1. The molecule has 4 rings (SSSR count). The van der Waals surface area contributed by atoms with Crippen molar-refractivity contribution in [3.05, 3.63) is 87.6 Å². The third kappa shape index (κ3) is 3.64. The zero-order chi connectivity index (χ0) is 21.5. The van der Waals surface area contributed by atoms with E-state index in [1.807, 2.05) is 0 Å². The fourth-order valence-corrected chi connectivity index (χ4v) is 2.98. The predicted molar refractivity (Wildman–Crippen MR) is 103 cm³/mol. The highest BCUT2D eigenvalue weighted by atomic mass is 35.5. The minimum atomic E-state index is -4.59. The monoisotopic (exact) mass is 433 g/mol. The number of nitrogens with one attached hydrogen (secondary N) is 1. The number of alkyl halides is 3. The van der Waals surface area contributed by atoms with E-state index >= 15 is 0 Å². The summed E-state index contributed by atoms with van der Waals surface area (Å²) in [4.78, 5) is 29.2. The Morgan fingerprint density at radius 3 is 2.60 bits per heavy atom. The number of fused-ring (bicyclic) bond motifs is 1. The molecule has 0 aliphatic carbocycles. The van der Waals surface area contributed by atoms with Crippen LogP contribution in [0, 0.1) is 0 Å². The summed E-state index contributed by atoms with van der Waals surface area (Å²) in [6.07, 6.45) is -2.26. The van der Waals surface area contributed by atoms with Crippen molar-refractivity contribution in [2.45, 2.75) is 6.18 Å². The van der Waals surface area contributed by atoms with E-state index in [9.17, 15) is 22.8 Å². The number of rotatable bonds is 3. The number of benzene rings is 2. The second-order valence-electron chi connectivity index (χ2n) is 6.21. The maximum atomic E-state index is 12.8. The van der Waals surface area contributed by atoms with Gasteiger partial charge in [0.1, 0.15) is 11.7 Å². The summed E-state index contributed by atoms with van der Waals surface area (Å²) < 4.78 is 40.7. The minimum absolute atomic E-state index is 0.0989. The van der Waals surface area contributed by atoms with Gasteiger partial charge in [0.05, 0.1) is 17.4 Å². The van der Waals surface area contributed by atoms with Crippen molar-refractivity contribution in [2.75, 3.05) is 5.43 Å². The largest absolute Gasteiger partial charge is 0.416 e. The Balaban J connectivity index is 1.67. The molecule has 7 nitrogen and oxygen atoms in total. The number of carbonyl (C=O) groups excluding carboxylic acids is 1. The van der Waals surface area contributed by atoms with Crippen LogP contribution in [0.5, 0.6) is 0 Å². The van der Waals surface area contributed by atoms with Gasteiger partial charge in [0.25, 0.3) is 11.5 Å². The molecule has 0 spiro atoms. The number of halogens is 4. The van der Waals surface area contributed by atoms with Crippen LogP contribution in [-0.4, -0.2) is 25.3 Å². The van der Waals surface area contributed by atoms with Crippen LogP contribution >= 0.6 is 11.6 Å². The molecule has 0 atom stereocenters. The molecule has 0 bridgehead atoms. The number of carbonyl (C=O) groups is 1. The quantitative estimate of drug-likeness (QED) is 0.535. The summed E-state index contributed by atoms with van der Waals surface area (Å²) in [6.45, 7) is 0. The topological polar surface area (TPSA) is 81.8 Å². The van der Waals surface area contributed by atoms with Crippen molar-refractivity contribution in [1.29, 1.82) is 0 Å². The Morgan fingerprint density at radius 1 is 1.10 bits per heavy atom.